The highest BCUT2D eigenvalue weighted by atomic mass is 127. The number of benzene rings is 1. The fourth-order valence-electron chi connectivity index (χ4n) is 3.33. The van der Waals surface area contributed by atoms with E-state index in [4.69, 9.17) is 9.73 Å². The van der Waals surface area contributed by atoms with Crippen LogP contribution in [0.25, 0.3) is 0 Å². The lowest BCUT2D eigenvalue weighted by Gasteiger charge is -2.35. The minimum Gasteiger partial charge on any atom is -0.370 e. The summed E-state index contributed by atoms with van der Waals surface area (Å²) in [6.07, 6.45) is 5.71. The second-order valence-corrected chi connectivity index (χ2v) is 6.80. The first kappa shape index (κ1) is 22.6. The van der Waals surface area contributed by atoms with Crippen LogP contribution >= 0.6 is 24.0 Å². The van der Waals surface area contributed by atoms with Crippen LogP contribution in [0.2, 0.25) is 0 Å². The highest BCUT2D eigenvalue weighted by molar-refractivity contribution is 14.0. The lowest BCUT2D eigenvalue weighted by molar-refractivity contribution is -0.00832. The van der Waals surface area contributed by atoms with Gasteiger partial charge in [0, 0.05) is 26.2 Å². The van der Waals surface area contributed by atoms with E-state index in [9.17, 15) is 0 Å². The van der Waals surface area contributed by atoms with E-state index in [2.05, 4.69) is 58.5 Å². The molecule has 1 N–H and O–H groups in total. The topological polar surface area (TPSA) is 67.6 Å². The number of aliphatic imine (C=N–C) groups is 1. The van der Waals surface area contributed by atoms with Gasteiger partial charge in [-0.05, 0) is 37.8 Å². The third-order valence-electron chi connectivity index (χ3n) is 4.79. The predicted octanol–water partition coefficient (Wildman–Crippen LogP) is 3.02. The number of unbranched alkanes of at least 4 members (excludes halogenated alkanes) is 1. The molecule has 0 amide bonds. The van der Waals surface area contributed by atoms with Crippen LogP contribution in [0.1, 0.15) is 37.0 Å². The monoisotopic (exact) mass is 498 g/mol. The summed E-state index contributed by atoms with van der Waals surface area (Å²) in [5.74, 6) is 0.990. The standard InChI is InChI=1S/C20H30N6O.HI/c1-3-21-20(22-10-6-7-11-25-15-23-24-16-25)26-12-13-27-19(14-26)18-9-5-4-8-17(18)2;/h4-5,8-9,15-16,19H,3,6-7,10-14H2,1-2H3,(H,21,22);1H. The van der Waals surface area contributed by atoms with Gasteiger partial charge >= 0.3 is 0 Å². The highest BCUT2D eigenvalue weighted by Crippen LogP contribution is 2.24. The summed E-state index contributed by atoms with van der Waals surface area (Å²) < 4.78 is 8.05. The highest BCUT2D eigenvalue weighted by Gasteiger charge is 2.25. The van der Waals surface area contributed by atoms with Gasteiger partial charge in [-0.2, -0.15) is 0 Å². The van der Waals surface area contributed by atoms with Crippen LogP contribution in [0.4, 0.5) is 0 Å². The van der Waals surface area contributed by atoms with Crippen molar-refractivity contribution in [2.24, 2.45) is 4.99 Å². The molecule has 1 aliphatic rings. The van der Waals surface area contributed by atoms with Crippen LogP contribution in [0.3, 0.4) is 0 Å². The number of hydrogen-bond donors (Lipinski definition) is 1. The number of morpholine rings is 1. The van der Waals surface area contributed by atoms with Crippen molar-refractivity contribution in [1.82, 2.24) is 25.0 Å². The molecular weight excluding hydrogens is 467 g/mol. The molecule has 0 aliphatic carbocycles. The van der Waals surface area contributed by atoms with Crippen LogP contribution in [0.15, 0.2) is 41.9 Å². The number of guanidine groups is 1. The number of hydrogen-bond acceptors (Lipinski definition) is 4. The number of aromatic nitrogens is 3. The molecule has 1 unspecified atom stereocenters. The van der Waals surface area contributed by atoms with Crippen molar-refractivity contribution in [1.29, 1.82) is 0 Å². The third-order valence-corrected chi connectivity index (χ3v) is 4.79. The Bertz CT molecular complexity index is 721. The van der Waals surface area contributed by atoms with Gasteiger partial charge < -0.3 is 19.5 Å². The van der Waals surface area contributed by atoms with E-state index in [0.29, 0.717) is 0 Å². The Kier molecular flexibility index (Phi) is 9.69. The Morgan fingerprint density at radius 2 is 2.04 bits per heavy atom. The Morgan fingerprint density at radius 3 is 2.79 bits per heavy atom. The lowest BCUT2D eigenvalue weighted by Crippen LogP contribution is -2.48. The fraction of sp³-hybridized carbons (Fsp3) is 0.550. The van der Waals surface area contributed by atoms with Gasteiger partial charge in [0.05, 0.1) is 13.2 Å². The zero-order valence-electron chi connectivity index (χ0n) is 16.8. The SMILES string of the molecule is CCNC(=NCCCCn1cnnc1)N1CCOC(c2ccccc2C)C1.I. The molecule has 8 heteroatoms. The molecule has 3 rings (SSSR count). The van der Waals surface area contributed by atoms with E-state index in [-0.39, 0.29) is 30.1 Å². The molecule has 1 aliphatic heterocycles. The number of ether oxygens (including phenoxy) is 1. The Morgan fingerprint density at radius 1 is 1.25 bits per heavy atom. The smallest absolute Gasteiger partial charge is 0.194 e. The van der Waals surface area contributed by atoms with E-state index < -0.39 is 0 Å². The second kappa shape index (κ2) is 12.0. The average Bonchev–Trinajstić information content (AvgIpc) is 3.21. The minimum absolute atomic E-state index is 0. The molecule has 7 nitrogen and oxygen atoms in total. The van der Waals surface area contributed by atoms with E-state index in [1.54, 1.807) is 12.7 Å². The second-order valence-electron chi connectivity index (χ2n) is 6.80. The molecular formula is C20H31IN6O. The first-order chi connectivity index (χ1) is 13.3. The predicted molar refractivity (Wildman–Crippen MR) is 122 cm³/mol. The summed E-state index contributed by atoms with van der Waals surface area (Å²) in [7, 11) is 0. The Balaban J connectivity index is 0.00000280. The number of nitrogens with one attached hydrogen (secondary N) is 1. The maximum absolute atomic E-state index is 6.05. The first-order valence-electron chi connectivity index (χ1n) is 9.80. The lowest BCUT2D eigenvalue weighted by atomic mass is 10.0. The number of aryl methyl sites for hydroxylation is 2. The fourth-order valence-corrected chi connectivity index (χ4v) is 3.33. The molecule has 1 fully saturated rings. The van der Waals surface area contributed by atoms with Crippen molar-refractivity contribution >= 4 is 29.9 Å². The summed E-state index contributed by atoms with van der Waals surface area (Å²) in [5, 5.41) is 11.1. The average molecular weight is 498 g/mol. The summed E-state index contributed by atoms with van der Waals surface area (Å²) >= 11 is 0. The zero-order chi connectivity index (χ0) is 18.9. The van der Waals surface area contributed by atoms with Crippen molar-refractivity contribution in [3.8, 4) is 0 Å². The molecule has 28 heavy (non-hydrogen) atoms. The molecule has 1 atom stereocenters. The van der Waals surface area contributed by atoms with Gasteiger partial charge in [0.2, 0.25) is 0 Å². The number of halogens is 1. The van der Waals surface area contributed by atoms with Crippen LogP contribution in [0.5, 0.6) is 0 Å². The maximum atomic E-state index is 6.05. The quantitative estimate of drug-likeness (QED) is 0.275. The molecule has 1 aromatic carbocycles. The van der Waals surface area contributed by atoms with Crippen LogP contribution in [-0.4, -0.2) is 58.4 Å². The minimum atomic E-state index is 0. The van der Waals surface area contributed by atoms with E-state index in [0.717, 1.165) is 58.1 Å². The summed E-state index contributed by atoms with van der Waals surface area (Å²) in [4.78, 5) is 7.17. The van der Waals surface area contributed by atoms with Gasteiger partial charge in [0.25, 0.3) is 0 Å². The van der Waals surface area contributed by atoms with Gasteiger partial charge in [0.15, 0.2) is 5.96 Å². The van der Waals surface area contributed by atoms with Gasteiger partial charge in [-0.15, -0.1) is 34.2 Å². The maximum Gasteiger partial charge on any atom is 0.194 e. The molecule has 0 bridgehead atoms. The van der Waals surface area contributed by atoms with Gasteiger partial charge in [0.1, 0.15) is 18.8 Å². The normalized spacial score (nSPS) is 17.3. The molecule has 0 spiro atoms. The molecule has 2 aromatic rings. The van der Waals surface area contributed by atoms with Crippen molar-refractivity contribution in [2.75, 3.05) is 32.8 Å². The molecule has 0 radical (unpaired) electrons. The van der Waals surface area contributed by atoms with Gasteiger partial charge in [-0.1, -0.05) is 24.3 Å². The van der Waals surface area contributed by atoms with E-state index in [1.165, 1.54) is 11.1 Å². The van der Waals surface area contributed by atoms with Crippen molar-refractivity contribution in [2.45, 2.75) is 39.3 Å². The largest absolute Gasteiger partial charge is 0.370 e. The molecule has 0 saturated carbocycles. The molecule has 154 valence electrons. The zero-order valence-corrected chi connectivity index (χ0v) is 19.1. The van der Waals surface area contributed by atoms with Crippen LogP contribution in [0, 0.1) is 6.92 Å². The molecule has 1 saturated heterocycles. The summed E-state index contributed by atoms with van der Waals surface area (Å²) in [5.41, 5.74) is 2.55. The van der Waals surface area contributed by atoms with Crippen LogP contribution < -0.4 is 5.32 Å². The van der Waals surface area contributed by atoms with E-state index >= 15 is 0 Å². The molecule has 2 heterocycles. The Hall–Kier alpha value is -1.68. The van der Waals surface area contributed by atoms with Crippen molar-refractivity contribution in [3.63, 3.8) is 0 Å². The number of rotatable bonds is 7. The van der Waals surface area contributed by atoms with Gasteiger partial charge in [-0.3, -0.25) is 4.99 Å². The van der Waals surface area contributed by atoms with E-state index in [1.807, 2.05) is 4.57 Å². The molecule has 1 aromatic heterocycles. The Labute approximate surface area is 184 Å². The van der Waals surface area contributed by atoms with Gasteiger partial charge in [-0.25, -0.2) is 0 Å². The number of nitrogens with zero attached hydrogens (tertiary/aromatic N) is 5. The summed E-state index contributed by atoms with van der Waals surface area (Å²) in [6.45, 7) is 9.30. The summed E-state index contributed by atoms with van der Waals surface area (Å²) in [6, 6.07) is 8.47. The first-order valence-corrected chi connectivity index (χ1v) is 9.80. The third kappa shape index (κ3) is 6.44. The van der Waals surface area contributed by atoms with Crippen LogP contribution in [-0.2, 0) is 11.3 Å². The van der Waals surface area contributed by atoms with Crippen molar-refractivity contribution < 1.29 is 4.74 Å². The van der Waals surface area contributed by atoms with Crippen molar-refractivity contribution in [3.05, 3.63) is 48.0 Å².